The molecule has 1 aliphatic carbocycles. The molecule has 0 saturated heterocycles. The Balaban J connectivity index is 1.71. The molecule has 0 amide bonds. The van der Waals surface area contributed by atoms with Crippen molar-refractivity contribution in [1.82, 2.24) is 10.2 Å². The zero-order valence-corrected chi connectivity index (χ0v) is 13.4. The van der Waals surface area contributed by atoms with E-state index in [1.807, 2.05) is 31.3 Å². The van der Waals surface area contributed by atoms with Gasteiger partial charge in [0.25, 0.3) is 0 Å². The fraction of sp³-hybridized carbons (Fsp3) is 0.529. The zero-order valence-electron chi connectivity index (χ0n) is 13.4. The van der Waals surface area contributed by atoms with E-state index in [0.717, 1.165) is 37.2 Å². The van der Waals surface area contributed by atoms with Crippen molar-refractivity contribution in [3.63, 3.8) is 0 Å². The highest BCUT2D eigenvalue weighted by molar-refractivity contribution is 5.79. The van der Waals surface area contributed by atoms with Gasteiger partial charge in [0.05, 0.1) is 18.2 Å². The van der Waals surface area contributed by atoms with Gasteiger partial charge in [-0.15, -0.1) is 0 Å². The van der Waals surface area contributed by atoms with Crippen LogP contribution >= 0.6 is 0 Å². The number of ether oxygens (including phenoxy) is 1. The van der Waals surface area contributed by atoms with E-state index in [1.165, 1.54) is 12.8 Å². The van der Waals surface area contributed by atoms with E-state index in [-0.39, 0.29) is 0 Å². The summed E-state index contributed by atoms with van der Waals surface area (Å²) in [6.45, 7) is 3.13. The maximum Gasteiger partial charge on any atom is 0.193 e. The summed E-state index contributed by atoms with van der Waals surface area (Å²) < 4.78 is 5.66. The fourth-order valence-corrected chi connectivity index (χ4v) is 2.10. The standard InChI is InChI=1S/C17H24N4O/c1-19-17(21(2)9-10-22-13-16-7-8-16)20-12-15-5-3-14(11-18)4-6-15/h3-6,16H,7-10,12-13H2,1-2H3,(H,19,20). The molecule has 0 aromatic heterocycles. The van der Waals surface area contributed by atoms with Crippen LogP contribution in [-0.2, 0) is 11.3 Å². The van der Waals surface area contributed by atoms with Gasteiger partial charge in [-0.2, -0.15) is 5.26 Å². The lowest BCUT2D eigenvalue weighted by Gasteiger charge is -2.22. The third kappa shape index (κ3) is 5.38. The predicted octanol–water partition coefficient (Wildman–Crippen LogP) is 1.99. The molecule has 1 saturated carbocycles. The average Bonchev–Trinajstić information content (AvgIpc) is 3.37. The lowest BCUT2D eigenvalue weighted by atomic mass is 10.1. The summed E-state index contributed by atoms with van der Waals surface area (Å²) in [5, 5.41) is 12.1. The molecule has 5 heteroatoms. The van der Waals surface area contributed by atoms with Crippen LogP contribution in [0.25, 0.3) is 0 Å². The highest BCUT2D eigenvalue weighted by Crippen LogP contribution is 2.28. The maximum atomic E-state index is 8.80. The first kappa shape index (κ1) is 16.3. The van der Waals surface area contributed by atoms with E-state index in [4.69, 9.17) is 10.00 Å². The van der Waals surface area contributed by atoms with Crippen LogP contribution < -0.4 is 5.32 Å². The first-order chi connectivity index (χ1) is 10.7. The average molecular weight is 300 g/mol. The monoisotopic (exact) mass is 300 g/mol. The summed E-state index contributed by atoms with van der Waals surface area (Å²) >= 11 is 0. The molecule has 0 spiro atoms. The third-order valence-corrected chi connectivity index (χ3v) is 3.73. The van der Waals surface area contributed by atoms with E-state index >= 15 is 0 Å². The Labute approximate surface area is 132 Å². The van der Waals surface area contributed by atoms with Gasteiger partial charge in [-0.05, 0) is 36.5 Å². The predicted molar refractivity (Wildman–Crippen MR) is 87.5 cm³/mol. The minimum atomic E-state index is 0.679. The van der Waals surface area contributed by atoms with Gasteiger partial charge < -0.3 is 15.0 Å². The fourth-order valence-electron chi connectivity index (χ4n) is 2.10. The Morgan fingerprint density at radius 3 is 2.73 bits per heavy atom. The number of hydrogen-bond acceptors (Lipinski definition) is 3. The second-order valence-electron chi connectivity index (χ2n) is 5.65. The number of likely N-dealkylation sites (N-methyl/N-ethyl adjacent to an activating group) is 1. The normalized spacial score (nSPS) is 14.5. The maximum absolute atomic E-state index is 8.80. The minimum Gasteiger partial charge on any atom is -0.379 e. The summed E-state index contributed by atoms with van der Waals surface area (Å²) in [5.41, 5.74) is 1.80. The van der Waals surface area contributed by atoms with Gasteiger partial charge in [-0.25, -0.2) is 0 Å². The summed E-state index contributed by atoms with van der Waals surface area (Å²) in [6, 6.07) is 9.69. The molecular weight excluding hydrogens is 276 g/mol. The smallest absolute Gasteiger partial charge is 0.193 e. The molecule has 118 valence electrons. The first-order valence-electron chi connectivity index (χ1n) is 7.71. The molecule has 0 aliphatic heterocycles. The molecule has 0 atom stereocenters. The van der Waals surface area contributed by atoms with Crippen molar-refractivity contribution < 1.29 is 4.74 Å². The molecular formula is C17H24N4O. The van der Waals surface area contributed by atoms with Crippen LogP contribution in [-0.4, -0.2) is 44.7 Å². The molecule has 22 heavy (non-hydrogen) atoms. The molecule has 1 fully saturated rings. The van der Waals surface area contributed by atoms with Gasteiger partial charge in [0.1, 0.15) is 0 Å². The molecule has 0 radical (unpaired) electrons. The van der Waals surface area contributed by atoms with Gasteiger partial charge in [-0.1, -0.05) is 12.1 Å². The second-order valence-corrected chi connectivity index (χ2v) is 5.65. The largest absolute Gasteiger partial charge is 0.379 e. The van der Waals surface area contributed by atoms with Crippen molar-refractivity contribution >= 4 is 5.96 Å². The quantitative estimate of drug-likeness (QED) is 0.475. The van der Waals surface area contributed by atoms with Crippen LogP contribution in [0.15, 0.2) is 29.3 Å². The zero-order chi connectivity index (χ0) is 15.8. The molecule has 1 aliphatic rings. The SMILES string of the molecule is CN=C(NCc1ccc(C#N)cc1)N(C)CCOCC1CC1. The molecule has 0 bridgehead atoms. The Morgan fingerprint density at radius 2 is 2.14 bits per heavy atom. The van der Waals surface area contributed by atoms with Crippen molar-refractivity contribution in [2.75, 3.05) is 33.9 Å². The van der Waals surface area contributed by atoms with Crippen molar-refractivity contribution in [2.45, 2.75) is 19.4 Å². The molecule has 0 unspecified atom stereocenters. The lowest BCUT2D eigenvalue weighted by Crippen LogP contribution is -2.40. The summed E-state index contributed by atoms with van der Waals surface area (Å²) in [5.74, 6) is 1.65. The molecule has 2 rings (SSSR count). The molecule has 5 nitrogen and oxygen atoms in total. The van der Waals surface area contributed by atoms with Crippen LogP contribution in [0.2, 0.25) is 0 Å². The number of nitrogens with zero attached hydrogens (tertiary/aromatic N) is 3. The van der Waals surface area contributed by atoms with Gasteiger partial charge in [-0.3, -0.25) is 4.99 Å². The van der Waals surface area contributed by atoms with Crippen LogP contribution in [0.3, 0.4) is 0 Å². The number of aliphatic imine (C=N–C) groups is 1. The van der Waals surface area contributed by atoms with E-state index in [1.54, 1.807) is 7.05 Å². The van der Waals surface area contributed by atoms with E-state index in [9.17, 15) is 0 Å². The van der Waals surface area contributed by atoms with E-state index in [2.05, 4.69) is 21.3 Å². The van der Waals surface area contributed by atoms with Crippen LogP contribution in [0.5, 0.6) is 0 Å². The Bertz CT molecular complexity index is 529. The van der Waals surface area contributed by atoms with E-state index < -0.39 is 0 Å². The van der Waals surface area contributed by atoms with Crippen molar-refractivity contribution in [3.8, 4) is 6.07 Å². The third-order valence-electron chi connectivity index (χ3n) is 3.73. The van der Waals surface area contributed by atoms with E-state index in [0.29, 0.717) is 12.1 Å². The Hall–Kier alpha value is -2.06. The summed E-state index contributed by atoms with van der Waals surface area (Å²) in [7, 11) is 3.79. The summed E-state index contributed by atoms with van der Waals surface area (Å²) in [6.07, 6.45) is 2.65. The van der Waals surface area contributed by atoms with Gasteiger partial charge in [0, 0.05) is 33.8 Å². The van der Waals surface area contributed by atoms with Crippen LogP contribution in [0.4, 0.5) is 0 Å². The number of guanidine groups is 1. The minimum absolute atomic E-state index is 0.679. The van der Waals surface area contributed by atoms with Gasteiger partial charge in [0.15, 0.2) is 5.96 Å². The van der Waals surface area contributed by atoms with Crippen molar-refractivity contribution in [2.24, 2.45) is 10.9 Å². The number of benzene rings is 1. The van der Waals surface area contributed by atoms with Crippen LogP contribution in [0.1, 0.15) is 24.0 Å². The topological polar surface area (TPSA) is 60.7 Å². The lowest BCUT2D eigenvalue weighted by molar-refractivity contribution is 0.115. The highest BCUT2D eigenvalue weighted by Gasteiger charge is 2.21. The molecule has 1 N–H and O–H groups in total. The van der Waals surface area contributed by atoms with Crippen molar-refractivity contribution in [3.05, 3.63) is 35.4 Å². The molecule has 1 aromatic rings. The van der Waals surface area contributed by atoms with Gasteiger partial charge in [0.2, 0.25) is 0 Å². The summed E-state index contributed by atoms with van der Waals surface area (Å²) in [4.78, 5) is 6.35. The number of nitrogens with one attached hydrogen (secondary N) is 1. The van der Waals surface area contributed by atoms with Crippen molar-refractivity contribution in [1.29, 1.82) is 5.26 Å². The first-order valence-corrected chi connectivity index (χ1v) is 7.71. The Kier molecular flexibility index (Phi) is 6.23. The number of hydrogen-bond donors (Lipinski definition) is 1. The van der Waals surface area contributed by atoms with Crippen LogP contribution in [0, 0.1) is 17.2 Å². The molecule has 0 heterocycles. The number of nitriles is 1. The molecule has 1 aromatic carbocycles. The highest BCUT2D eigenvalue weighted by atomic mass is 16.5. The Morgan fingerprint density at radius 1 is 1.41 bits per heavy atom. The number of rotatable bonds is 7. The van der Waals surface area contributed by atoms with Gasteiger partial charge >= 0.3 is 0 Å². The second kappa shape index (κ2) is 8.40.